The maximum Gasteiger partial charge on any atom is 0.129 e. The summed E-state index contributed by atoms with van der Waals surface area (Å²) in [7, 11) is 0. The number of nitrogens with two attached hydrogens (primary N) is 1. The molecule has 0 amide bonds. The van der Waals surface area contributed by atoms with Gasteiger partial charge in [0, 0.05) is 30.4 Å². The molecule has 0 atom stereocenters. The molecule has 1 aromatic rings. The molecule has 4 heteroatoms. The van der Waals surface area contributed by atoms with Crippen LogP contribution in [0.5, 0.6) is 0 Å². The highest BCUT2D eigenvalue weighted by Crippen LogP contribution is 2.29. The molecule has 0 heterocycles. The van der Waals surface area contributed by atoms with Crippen molar-refractivity contribution in [3.05, 3.63) is 29.6 Å². The number of anilines is 1. The van der Waals surface area contributed by atoms with Gasteiger partial charge in [-0.25, -0.2) is 4.39 Å². The molecule has 1 aromatic carbocycles. The summed E-state index contributed by atoms with van der Waals surface area (Å²) < 4.78 is 13.8. The van der Waals surface area contributed by atoms with E-state index in [-0.39, 0.29) is 19.0 Å². The average Bonchev–Trinajstić information content (AvgIpc) is 2.89. The van der Waals surface area contributed by atoms with Crippen LogP contribution in [0.25, 0.3) is 0 Å². The van der Waals surface area contributed by atoms with Crippen LogP contribution >= 0.6 is 0 Å². The summed E-state index contributed by atoms with van der Waals surface area (Å²) in [6.45, 7) is 0.873. The van der Waals surface area contributed by atoms with Gasteiger partial charge in [0.05, 0.1) is 6.61 Å². The van der Waals surface area contributed by atoms with Gasteiger partial charge < -0.3 is 15.7 Å². The Labute approximate surface area is 107 Å². The maximum absolute atomic E-state index is 13.8. The summed E-state index contributed by atoms with van der Waals surface area (Å²) in [5.74, 6) is -0.254. The van der Waals surface area contributed by atoms with E-state index < -0.39 is 0 Å². The summed E-state index contributed by atoms with van der Waals surface area (Å²) in [6, 6.07) is 5.61. The van der Waals surface area contributed by atoms with E-state index in [2.05, 4.69) is 4.90 Å². The fraction of sp³-hybridized carbons (Fsp3) is 0.571. The largest absolute Gasteiger partial charge is 0.395 e. The lowest BCUT2D eigenvalue weighted by Gasteiger charge is -2.30. The lowest BCUT2D eigenvalue weighted by Crippen LogP contribution is -2.35. The van der Waals surface area contributed by atoms with Gasteiger partial charge in [-0.3, -0.25) is 0 Å². The summed E-state index contributed by atoms with van der Waals surface area (Å²) in [5, 5.41) is 9.17. The molecule has 0 radical (unpaired) electrons. The van der Waals surface area contributed by atoms with E-state index >= 15 is 0 Å². The first-order chi connectivity index (χ1) is 8.76. The van der Waals surface area contributed by atoms with Crippen molar-refractivity contribution in [1.82, 2.24) is 0 Å². The fourth-order valence-electron chi connectivity index (χ4n) is 2.73. The van der Waals surface area contributed by atoms with Crippen molar-refractivity contribution in [2.45, 2.75) is 38.3 Å². The summed E-state index contributed by atoms with van der Waals surface area (Å²) in [4.78, 5) is 2.12. The first-order valence-corrected chi connectivity index (χ1v) is 6.62. The van der Waals surface area contributed by atoms with Crippen LogP contribution in [-0.2, 0) is 6.54 Å². The predicted molar refractivity (Wildman–Crippen MR) is 71.0 cm³/mol. The molecule has 0 aliphatic heterocycles. The van der Waals surface area contributed by atoms with Crippen LogP contribution in [-0.4, -0.2) is 24.3 Å². The Morgan fingerprint density at radius 3 is 2.61 bits per heavy atom. The smallest absolute Gasteiger partial charge is 0.129 e. The standard InChI is InChI=1S/C14H21FN2O/c15-14-9-13(6-5-11(14)10-16)17(7-8-18)12-3-1-2-4-12/h5-6,9,12,18H,1-4,7-8,10,16H2. The molecule has 2 rings (SSSR count). The third-order valence-corrected chi connectivity index (χ3v) is 3.69. The Hall–Kier alpha value is -1.13. The highest BCUT2D eigenvalue weighted by molar-refractivity contribution is 5.49. The Bertz CT molecular complexity index is 391. The van der Waals surface area contributed by atoms with Crippen molar-refractivity contribution in [2.24, 2.45) is 5.73 Å². The van der Waals surface area contributed by atoms with Crippen molar-refractivity contribution in [1.29, 1.82) is 0 Å². The van der Waals surface area contributed by atoms with Gasteiger partial charge >= 0.3 is 0 Å². The molecule has 0 unspecified atom stereocenters. The zero-order valence-electron chi connectivity index (χ0n) is 10.6. The minimum atomic E-state index is -0.254. The fourth-order valence-corrected chi connectivity index (χ4v) is 2.73. The third-order valence-electron chi connectivity index (χ3n) is 3.69. The minimum absolute atomic E-state index is 0.0940. The van der Waals surface area contributed by atoms with E-state index in [9.17, 15) is 9.50 Å². The number of hydrogen-bond donors (Lipinski definition) is 2. The van der Waals surface area contributed by atoms with Gasteiger partial charge in [-0.1, -0.05) is 18.9 Å². The maximum atomic E-state index is 13.8. The number of benzene rings is 1. The number of hydrogen-bond acceptors (Lipinski definition) is 3. The Morgan fingerprint density at radius 1 is 1.33 bits per heavy atom. The van der Waals surface area contributed by atoms with E-state index in [1.807, 2.05) is 6.07 Å². The Balaban J connectivity index is 2.21. The first-order valence-electron chi connectivity index (χ1n) is 6.62. The number of nitrogens with zero attached hydrogens (tertiary/aromatic N) is 1. The lowest BCUT2D eigenvalue weighted by atomic mass is 10.1. The molecule has 0 saturated heterocycles. The molecule has 3 N–H and O–H groups in total. The SMILES string of the molecule is NCc1ccc(N(CCO)C2CCCC2)cc1F. The summed E-state index contributed by atoms with van der Waals surface area (Å²) >= 11 is 0. The zero-order chi connectivity index (χ0) is 13.0. The number of halogens is 1. The molecule has 1 fully saturated rings. The highest BCUT2D eigenvalue weighted by atomic mass is 19.1. The first kappa shape index (κ1) is 13.3. The molecule has 100 valence electrons. The van der Waals surface area contributed by atoms with Crippen LogP contribution in [0.3, 0.4) is 0 Å². The molecular formula is C14H21FN2O. The van der Waals surface area contributed by atoms with Crippen LogP contribution in [0.2, 0.25) is 0 Å². The topological polar surface area (TPSA) is 49.5 Å². The molecule has 0 bridgehead atoms. The Kier molecular flexibility index (Phi) is 4.55. The number of aliphatic hydroxyl groups is 1. The molecule has 18 heavy (non-hydrogen) atoms. The average molecular weight is 252 g/mol. The van der Waals surface area contributed by atoms with Gasteiger partial charge in [-0.05, 0) is 25.0 Å². The second-order valence-corrected chi connectivity index (χ2v) is 4.84. The van der Waals surface area contributed by atoms with Crippen LogP contribution in [0.1, 0.15) is 31.2 Å². The number of rotatable bonds is 5. The highest BCUT2D eigenvalue weighted by Gasteiger charge is 2.22. The quantitative estimate of drug-likeness (QED) is 0.843. The summed E-state index contributed by atoms with van der Waals surface area (Å²) in [5.41, 5.74) is 6.85. The van der Waals surface area contributed by atoms with Gasteiger partial charge in [-0.2, -0.15) is 0 Å². The Morgan fingerprint density at radius 2 is 2.06 bits per heavy atom. The molecule has 0 aromatic heterocycles. The van der Waals surface area contributed by atoms with Gasteiger partial charge in [0.1, 0.15) is 5.82 Å². The van der Waals surface area contributed by atoms with E-state index in [0.29, 0.717) is 18.2 Å². The molecular weight excluding hydrogens is 231 g/mol. The zero-order valence-corrected chi connectivity index (χ0v) is 10.6. The van der Waals surface area contributed by atoms with E-state index in [1.54, 1.807) is 6.07 Å². The van der Waals surface area contributed by atoms with Gasteiger partial charge in [0.25, 0.3) is 0 Å². The third kappa shape index (κ3) is 2.82. The summed E-state index contributed by atoms with van der Waals surface area (Å²) in [6.07, 6.45) is 4.69. The van der Waals surface area contributed by atoms with Gasteiger partial charge in [0.15, 0.2) is 0 Å². The predicted octanol–water partition coefficient (Wildman–Crippen LogP) is 2.03. The van der Waals surface area contributed by atoms with Crippen LogP contribution in [0.15, 0.2) is 18.2 Å². The van der Waals surface area contributed by atoms with Crippen molar-refractivity contribution in [3.63, 3.8) is 0 Å². The van der Waals surface area contributed by atoms with E-state index in [0.717, 1.165) is 18.5 Å². The molecule has 1 saturated carbocycles. The van der Waals surface area contributed by atoms with Crippen molar-refractivity contribution >= 4 is 5.69 Å². The lowest BCUT2D eigenvalue weighted by molar-refractivity contribution is 0.297. The van der Waals surface area contributed by atoms with Gasteiger partial charge in [-0.15, -0.1) is 0 Å². The molecule has 1 aliphatic rings. The van der Waals surface area contributed by atoms with Crippen LogP contribution < -0.4 is 10.6 Å². The van der Waals surface area contributed by atoms with E-state index in [4.69, 9.17) is 5.73 Å². The van der Waals surface area contributed by atoms with Crippen LogP contribution in [0, 0.1) is 5.82 Å². The molecule has 1 aliphatic carbocycles. The van der Waals surface area contributed by atoms with Crippen molar-refractivity contribution in [3.8, 4) is 0 Å². The number of aliphatic hydroxyl groups excluding tert-OH is 1. The second kappa shape index (κ2) is 6.16. The normalized spacial score (nSPS) is 16.2. The molecule has 3 nitrogen and oxygen atoms in total. The molecule has 0 spiro atoms. The van der Waals surface area contributed by atoms with Gasteiger partial charge in [0.2, 0.25) is 0 Å². The second-order valence-electron chi connectivity index (χ2n) is 4.84. The van der Waals surface area contributed by atoms with Crippen molar-refractivity contribution in [2.75, 3.05) is 18.1 Å². The van der Waals surface area contributed by atoms with E-state index in [1.165, 1.54) is 18.9 Å². The van der Waals surface area contributed by atoms with Crippen LogP contribution in [0.4, 0.5) is 10.1 Å². The monoisotopic (exact) mass is 252 g/mol. The van der Waals surface area contributed by atoms with Crippen molar-refractivity contribution < 1.29 is 9.50 Å². The minimum Gasteiger partial charge on any atom is -0.395 e.